The van der Waals surface area contributed by atoms with E-state index in [4.69, 9.17) is 22.0 Å². The molecule has 1 aromatic heterocycles. The highest BCUT2D eigenvalue weighted by Crippen LogP contribution is 2.22. The van der Waals surface area contributed by atoms with Crippen molar-refractivity contribution in [2.45, 2.75) is 51.2 Å². The number of nitrogen functional groups attached to an aromatic ring is 1. The Morgan fingerprint density at radius 2 is 1.73 bits per heavy atom. The smallest absolute Gasteiger partial charge is 0.326 e. The van der Waals surface area contributed by atoms with Crippen LogP contribution in [0.5, 0.6) is 0 Å². The van der Waals surface area contributed by atoms with Gasteiger partial charge in [0, 0.05) is 42.1 Å². The van der Waals surface area contributed by atoms with Crippen LogP contribution in [-0.2, 0) is 35.3 Å². The number of Topliss-reactive ketones (excluding diaryl/α,β-unsaturated/α-hetero) is 1. The van der Waals surface area contributed by atoms with Crippen LogP contribution in [0.2, 0.25) is 0 Å². The van der Waals surface area contributed by atoms with E-state index in [9.17, 15) is 38.7 Å². The maximum absolute atomic E-state index is 12.9. The number of fused-ring (bicyclic) bond motifs is 1. The van der Waals surface area contributed by atoms with Crippen molar-refractivity contribution < 1.29 is 43.7 Å². The van der Waals surface area contributed by atoms with Crippen LogP contribution in [0.25, 0.3) is 10.9 Å². The summed E-state index contributed by atoms with van der Waals surface area (Å²) in [7, 11) is 2.66. The first-order chi connectivity index (χ1) is 24.8. The van der Waals surface area contributed by atoms with Crippen molar-refractivity contribution in [2.24, 2.45) is 0 Å². The van der Waals surface area contributed by atoms with Gasteiger partial charge in [-0.1, -0.05) is 33.6 Å². The van der Waals surface area contributed by atoms with Crippen molar-refractivity contribution in [3.63, 3.8) is 0 Å². The van der Waals surface area contributed by atoms with E-state index in [-0.39, 0.29) is 49.5 Å². The molecule has 0 bridgehead atoms. The minimum absolute atomic E-state index is 0.0157. The molecule has 2 atom stereocenters. The molecule has 0 aliphatic rings. The maximum atomic E-state index is 12.9. The summed E-state index contributed by atoms with van der Waals surface area (Å²) in [6.07, 6.45) is 4.70. The number of carbonyl (C=O) groups is 6. The van der Waals surface area contributed by atoms with Crippen LogP contribution in [0.15, 0.2) is 47.3 Å². The third kappa shape index (κ3) is 13.3. The number of amides is 2. The number of benzene rings is 2. The zero-order valence-corrected chi connectivity index (χ0v) is 29.7. The second-order valence-corrected chi connectivity index (χ2v) is 14.0. The van der Waals surface area contributed by atoms with Crippen molar-refractivity contribution >= 4 is 79.6 Å². The zero-order chi connectivity index (χ0) is 38.2. The SMILES string of the molecule is C#CCN(Cc1ccc2nc(N)[nH]c(=O)c2c1)c1ccc(C(=O)N[C@@H](CCC(=O)OCCSSCCC(=O)N[C@@H](CC(=O)O)C(C)=O)C(=O)O)cc1. The van der Waals surface area contributed by atoms with E-state index in [1.165, 1.54) is 40.6 Å². The van der Waals surface area contributed by atoms with Crippen LogP contribution in [0.4, 0.5) is 11.6 Å². The molecular formula is C34H38N6O10S2. The fourth-order valence-corrected chi connectivity index (χ4v) is 6.52. The number of H-pyrrole nitrogens is 1. The lowest BCUT2D eigenvalue weighted by molar-refractivity contribution is -0.144. The van der Waals surface area contributed by atoms with Gasteiger partial charge in [-0.25, -0.2) is 9.78 Å². The number of hydrogen-bond donors (Lipinski definition) is 6. The predicted octanol–water partition coefficient (Wildman–Crippen LogP) is 1.97. The second-order valence-electron chi connectivity index (χ2n) is 11.3. The molecule has 0 aliphatic heterocycles. The van der Waals surface area contributed by atoms with E-state index in [1.807, 2.05) is 4.90 Å². The number of carbonyl (C=O) groups excluding carboxylic acids is 4. The summed E-state index contributed by atoms with van der Waals surface area (Å²) < 4.78 is 5.14. The first-order valence-corrected chi connectivity index (χ1v) is 18.3. The molecule has 2 amide bonds. The van der Waals surface area contributed by atoms with Gasteiger partial charge in [-0.15, -0.1) is 6.42 Å². The number of nitrogens with zero attached hydrogens (tertiary/aromatic N) is 2. The molecule has 1 heterocycles. The van der Waals surface area contributed by atoms with E-state index in [1.54, 1.807) is 30.3 Å². The lowest BCUT2D eigenvalue weighted by atomic mass is 10.1. The molecule has 0 saturated carbocycles. The van der Waals surface area contributed by atoms with Gasteiger partial charge in [-0.05, 0) is 55.3 Å². The van der Waals surface area contributed by atoms with Crippen molar-refractivity contribution in [3.8, 4) is 12.3 Å². The van der Waals surface area contributed by atoms with Gasteiger partial charge in [0.1, 0.15) is 12.6 Å². The van der Waals surface area contributed by atoms with Gasteiger partial charge < -0.3 is 36.2 Å². The largest absolute Gasteiger partial charge is 0.481 e. The Morgan fingerprint density at radius 3 is 2.38 bits per heavy atom. The summed E-state index contributed by atoms with van der Waals surface area (Å²) in [5.41, 5.74) is 7.34. The number of carboxylic acid groups (broad SMARTS) is 2. The van der Waals surface area contributed by atoms with Gasteiger partial charge in [-0.3, -0.25) is 33.8 Å². The fraction of sp³-hybridized carbons (Fsp3) is 0.353. The van der Waals surface area contributed by atoms with Gasteiger partial charge in [-0.2, -0.15) is 0 Å². The van der Waals surface area contributed by atoms with Crippen LogP contribution in [-0.4, -0.2) is 92.4 Å². The number of terminal acetylenes is 1. The molecule has 276 valence electrons. The molecule has 18 heteroatoms. The molecule has 7 N–H and O–H groups in total. The topological polar surface area (TPSA) is 251 Å². The Hall–Kier alpha value is -5.54. The first kappa shape index (κ1) is 40.9. The average Bonchev–Trinajstić information content (AvgIpc) is 3.09. The van der Waals surface area contributed by atoms with Crippen LogP contribution in [0.1, 0.15) is 48.5 Å². The van der Waals surface area contributed by atoms with E-state index in [0.29, 0.717) is 34.6 Å². The number of esters is 1. The molecule has 3 aromatic rings. The minimum atomic E-state index is -1.35. The molecule has 0 radical (unpaired) electrons. The highest BCUT2D eigenvalue weighted by atomic mass is 33.1. The number of nitrogens with one attached hydrogen (secondary N) is 3. The monoisotopic (exact) mass is 754 g/mol. The summed E-state index contributed by atoms with van der Waals surface area (Å²) in [5, 5.41) is 23.7. The molecule has 2 aromatic carbocycles. The number of hydrogen-bond acceptors (Lipinski definition) is 13. The molecular weight excluding hydrogens is 717 g/mol. The van der Waals surface area contributed by atoms with Crippen LogP contribution in [0.3, 0.4) is 0 Å². The quantitative estimate of drug-likeness (QED) is 0.0394. The summed E-state index contributed by atoms with van der Waals surface area (Å²) >= 11 is 0. The second kappa shape index (κ2) is 20.3. The highest BCUT2D eigenvalue weighted by molar-refractivity contribution is 8.76. The lowest BCUT2D eigenvalue weighted by Crippen LogP contribution is -2.41. The molecule has 52 heavy (non-hydrogen) atoms. The normalized spacial score (nSPS) is 11.8. The van der Waals surface area contributed by atoms with Gasteiger partial charge in [0.25, 0.3) is 11.5 Å². The molecule has 0 unspecified atom stereocenters. The number of ketones is 1. The minimum Gasteiger partial charge on any atom is -0.481 e. The Bertz CT molecular complexity index is 1880. The predicted molar refractivity (Wildman–Crippen MR) is 197 cm³/mol. The Morgan fingerprint density at radius 1 is 1.02 bits per heavy atom. The van der Waals surface area contributed by atoms with Crippen LogP contribution >= 0.6 is 21.6 Å². The number of ether oxygens (including phenoxy) is 1. The van der Waals surface area contributed by atoms with E-state index >= 15 is 0 Å². The standard InChI is InChI=1S/C34H38N6O10S2/c1-3-13-40(19-21-4-9-25-24(17-21)32(47)39-34(35)38-25)23-7-5-22(6-8-23)31(46)37-26(33(48)49)10-11-30(45)50-14-16-52-51-15-12-28(42)36-27(20(2)41)18-29(43)44/h1,4-9,17,26-27H,10-16,18-19H2,2H3,(H,36,42)(H,37,46)(H,43,44)(H,48,49)(H3,35,38,39,47)/t26-,27-/m0/s1. The fourth-order valence-electron chi connectivity index (χ4n) is 4.71. The first-order valence-electron chi connectivity index (χ1n) is 15.8. The molecule has 3 rings (SSSR count). The number of nitrogens with two attached hydrogens (primary N) is 1. The summed E-state index contributed by atoms with van der Waals surface area (Å²) in [4.78, 5) is 92.0. The summed E-state index contributed by atoms with van der Waals surface area (Å²) in [6.45, 7) is 1.79. The molecule has 0 saturated heterocycles. The summed E-state index contributed by atoms with van der Waals surface area (Å²) in [6, 6.07) is 9.10. The van der Waals surface area contributed by atoms with Gasteiger partial charge in [0.15, 0.2) is 5.78 Å². The van der Waals surface area contributed by atoms with E-state index < -0.39 is 54.0 Å². The number of anilines is 2. The number of rotatable bonds is 21. The highest BCUT2D eigenvalue weighted by Gasteiger charge is 2.23. The van der Waals surface area contributed by atoms with Crippen molar-refractivity contribution in [2.75, 3.05) is 35.3 Å². The Labute approximate surface area is 306 Å². The number of carboxylic acids is 2. The summed E-state index contributed by atoms with van der Waals surface area (Å²) in [5.74, 6) is -1.36. The van der Waals surface area contributed by atoms with Crippen molar-refractivity contribution in [1.29, 1.82) is 0 Å². The Balaban J connectivity index is 1.42. The molecule has 0 spiro atoms. The number of aromatic nitrogens is 2. The molecule has 16 nitrogen and oxygen atoms in total. The number of aliphatic carboxylic acids is 2. The number of aromatic amines is 1. The van der Waals surface area contributed by atoms with Gasteiger partial charge in [0.2, 0.25) is 11.9 Å². The third-order valence-corrected chi connectivity index (χ3v) is 9.68. The lowest BCUT2D eigenvalue weighted by Gasteiger charge is -2.23. The zero-order valence-electron chi connectivity index (χ0n) is 28.1. The Kier molecular flexibility index (Phi) is 16.0. The van der Waals surface area contributed by atoms with Crippen LogP contribution in [0, 0.1) is 12.3 Å². The van der Waals surface area contributed by atoms with Crippen molar-refractivity contribution in [1.82, 2.24) is 20.6 Å². The van der Waals surface area contributed by atoms with E-state index in [2.05, 4.69) is 26.5 Å². The van der Waals surface area contributed by atoms with E-state index in [0.717, 1.165) is 5.56 Å². The van der Waals surface area contributed by atoms with Crippen LogP contribution < -0.4 is 26.8 Å². The molecule has 0 aliphatic carbocycles. The van der Waals surface area contributed by atoms with Gasteiger partial charge >= 0.3 is 17.9 Å². The third-order valence-electron chi connectivity index (χ3n) is 7.31. The van der Waals surface area contributed by atoms with Gasteiger partial charge in [0.05, 0.1) is 29.9 Å². The molecule has 0 fully saturated rings. The van der Waals surface area contributed by atoms with Crippen molar-refractivity contribution in [3.05, 3.63) is 63.9 Å². The average molecular weight is 755 g/mol. The maximum Gasteiger partial charge on any atom is 0.326 e.